The van der Waals surface area contributed by atoms with Gasteiger partial charge in [-0.15, -0.1) is 0 Å². The Labute approximate surface area is 157 Å². The molecule has 0 saturated carbocycles. The minimum absolute atomic E-state index is 0.00524. The largest absolute Gasteiger partial charge is 0.491 e. The maximum Gasteiger partial charge on any atom is 0.253 e. The van der Waals surface area contributed by atoms with Gasteiger partial charge >= 0.3 is 0 Å². The van der Waals surface area contributed by atoms with Crippen LogP contribution in [0.2, 0.25) is 0 Å². The molecule has 27 heavy (non-hydrogen) atoms. The van der Waals surface area contributed by atoms with Crippen molar-refractivity contribution in [3.63, 3.8) is 0 Å². The monoisotopic (exact) mass is 364 g/mol. The van der Waals surface area contributed by atoms with Crippen LogP contribution in [-0.4, -0.2) is 45.1 Å². The van der Waals surface area contributed by atoms with E-state index in [-0.39, 0.29) is 17.9 Å². The summed E-state index contributed by atoms with van der Waals surface area (Å²) < 4.78 is 11.0. The van der Waals surface area contributed by atoms with Crippen molar-refractivity contribution in [2.24, 2.45) is 0 Å². The van der Waals surface area contributed by atoms with Gasteiger partial charge in [0.05, 0.1) is 12.0 Å². The van der Waals surface area contributed by atoms with Crippen LogP contribution in [0.5, 0.6) is 5.75 Å². The summed E-state index contributed by atoms with van der Waals surface area (Å²) in [5.74, 6) is 1.89. The highest BCUT2D eigenvalue weighted by Gasteiger charge is 2.36. The van der Waals surface area contributed by atoms with Crippen molar-refractivity contribution in [1.29, 1.82) is 0 Å². The highest BCUT2D eigenvalue weighted by atomic mass is 16.5. The van der Waals surface area contributed by atoms with E-state index in [1.807, 2.05) is 38.1 Å². The summed E-state index contributed by atoms with van der Waals surface area (Å²) in [6.45, 7) is 5.07. The van der Waals surface area contributed by atoms with Crippen molar-refractivity contribution in [3.05, 3.63) is 60.2 Å². The SMILES string of the molecule is CC(C)Oc1ccc(C(=O)N2CC(c3nc(-c4cccnc4)no3)C2)cc1. The lowest BCUT2D eigenvalue weighted by Crippen LogP contribution is -2.48. The Hall–Kier alpha value is -3.22. The molecule has 1 aliphatic rings. The zero-order valence-corrected chi connectivity index (χ0v) is 15.2. The summed E-state index contributed by atoms with van der Waals surface area (Å²) in [6, 6.07) is 10.9. The third kappa shape index (κ3) is 3.67. The van der Waals surface area contributed by atoms with Gasteiger partial charge in [-0.1, -0.05) is 5.16 Å². The van der Waals surface area contributed by atoms with Crippen molar-refractivity contribution >= 4 is 5.91 Å². The highest BCUT2D eigenvalue weighted by Crippen LogP contribution is 2.29. The zero-order chi connectivity index (χ0) is 18.8. The third-order valence-electron chi connectivity index (χ3n) is 4.35. The van der Waals surface area contributed by atoms with E-state index < -0.39 is 0 Å². The van der Waals surface area contributed by atoms with E-state index in [4.69, 9.17) is 9.26 Å². The van der Waals surface area contributed by atoms with E-state index in [0.717, 1.165) is 11.3 Å². The lowest BCUT2D eigenvalue weighted by atomic mass is 9.98. The molecule has 0 N–H and O–H groups in total. The summed E-state index contributed by atoms with van der Waals surface area (Å²) in [6.07, 6.45) is 3.49. The molecule has 138 valence electrons. The number of hydrogen-bond donors (Lipinski definition) is 0. The molecule has 4 rings (SSSR count). The topological polar surface area (TPSA) is 81.4 Å². The first-order valence-corrected chi connectivity index (χ1v) is 8.90. The Morgan fingerprint density at radius 2 is 2.00 bits per heavy atom. The van der Waals surface area contributed by atoms with Gasteiger partial charge in [-0.2, -0.15) is 4.98 Å². The van der Waals surface area contributed by atoms with Crippen LogP contribution in [-0.2, 0) is 0 Å². The molecule has 3 aromatic rings. The lowest BCUT2D eigenvalue weighted by Gasteiger charge is -2.37. The maximum atomic E-state index is 12.6. The second-order valence-corrected chi connectivity index (χ2v) is 6.80. The fourth-order valence-electron chi connectivity index (χ4n) is 2.94. The van der Waals surface area contributed by atoms with E-state index in [2.05, 4.69) is 15.1 Å². The summed E-state index contributed by atoms with van der Waals surface area (Å²) in [4.78, 5) is 22.8. The van der Waals surface area contributed by atoms with Crippen molar-refractivity contribution in [3.8, 4) is 17.1 Å². The number of ether oxygens (including phenoxy) is 1. The predicted octanol–water partition coefficient (Wildman–Crippen LogP) is 3.16. The summed E-state index contributed by atoms with van der Waals surface area (Å²) in [5, 5.41) is 4.01. The van der Waals surface area contributed by atoms with Gasteiger partial charge in [0.1, 0.15) is 5.75 Å². The minimum atomic E-state index is -0.00524. The Bertz CT molecular complexity index is 916. The number of carbonyl (C=O) groups excluding carboxylic acids is 1. The number of rotatable bonds is 5. The van der Waals surface area contributed by atoms with Crippen molar-refractivity contribution in [2.75, 3.05) is 13.1 Å². The van der Waals surface area contributed by atoms with Crippen LogP contribution >= 0.6 is 0 Å². The van der Waals surface area contributed by atoms with Gasteiger partial charge in [-0.05, 0) is 50.2 Å². The molecule has 0 aliphatic carbocycles. The molecule has 2 aromatic heterocycles. The smallest absolute Gasteiger partial charge is 0.253 e. The van der Waals surface area contributed by atoms with E-state index in [1.165, 1.54) is 0 Å². The van der Waals surface area contributed by atoms with Gasteiger partial charge in [0.25, 0.3) is 5.91 Å². The first kappa shape index (κ1) is 17.2. The third-order valence-corrected chi connectivity index (χ3v) is 4.35. The van der Waals surface area contributed by atoms with E-state index in [1.54, 1.807) is 29.4 Å². The molecule has 0 atom stereocenters. The normalized spacial score (nSPS) is 14.3. The van der Waals surface area contributed by atoms with Gasteiger partial charge in [0, 0.05) is 36.6 Å². The lowest BCUT2D eigenvalue weighted by molar-refractivity contribution is 0.0569. The molecule has 3 heterocycles. The standard InChI is InChI=1S/C20H20N4O3/c1-13(2)26-17-7-5-14(6-8-17)20(25)24-11-16(12-24)19-22-18(23-27-19)15-4-3-9-21-10-15/h3-10,13,16H,11-12H2,1-2H3. The van der Waals surface area contributed by atoms with Gasteiger partial charge in [-0.3, -0.25) is 9.78 Å². The Morgan fingerprint density at radius 1 is 1.22 bits per heavy atom. The fraction of sp³-hybridized carbons (Fsp3) is 0.300. The van der Waals surface area contributed by atoms with Crippen LogP contribution in [0.1, 0.15) is 36.0 Å². The van der Waals surface area contributed by atoms with Crippen molar-refractivity contribution in [2.45, 2.75) is 25.9 Å². The molecule has 1 fully saturated rings. The number of likely N-dealkylation sites (tertiary alicyclic amines) is 1. The Morgan fingerprint density at radius 3 is 2.67 bits per heavy atom. The molecule has 1 amide bonds. The molecular weight excluding hydrogens is 344 g/mol. The molecule has 0 radical (unpaired) electrons. The highest BCUT2D eigenvalue weighted by molar-refractivity contribution is 5.95. The number of carbonyl (C=O) groups is 1. The molecule has 1 aliphatic heterocycles. The fourth-order valence-corrected chi connectivity index (χ4v) is 2.94. The minimum Gasteiger partial charge on any atom is -0.491 e. The van der Waals surface area contributed by atoms with Gasteiger partial charge in [0.2, 0.25) is 11.7 Å². The first-order chi connectivity index (χ1) is 13.1. The van der Waals surface area contributed by atoms with Gasteiger partial charge < -0.3 is 14.2 Å². The van der Waals surface area contributed by atoms with Crippen LogP contribution < -0.4 is 4.74 Å². The number of nitrogens with zero attached hydrogens (tertiary/aromatic N) is 4. The molecule has 1 aromatic carbocycles. The summed E-state index contributed by atoms with van der Waals surface area (Å²) >= 11 is 0. The molecule has 0 spiro atoms. The number of amides is 1. The predicted molar refractivity (Wildman–Crippen MR) is 98.4 cm³/mol. The first-order valence-electron chi connectivity index (χ1n) is 8.90. The van der Waals surface area contributed by atoms with Gasteiger partial charge in [-0.25, -0.2) is 0 Å². The quantitative estimate of drug-likeness (QED) is 0.692. The zero-order valence-electron chi connectivity index (χ0n) is 15.2. The summed E-state index contributed by atoms with van der Waals surface area (Å²) in [7, 11) is 0. The molecular formula is C20H20N4O3. The number of pyridine rings is 1. The Kier molecular flexibility index (Phi) is 4.58. The number of hydrogen-bond acceptors (Lipinski definition) is 6. The molecule has 1 saturated heterocycles. The maximum absolute atomic E-state index is 12.6. The van der Waals surface area contributed by atoms with Crippen molar-refractivity contribution in [1.82, 2.24) is 20.0 Å². The molecule has 0 bridgehead atoms. The molecule has 7 heteroatoms. The molecule has 7 nitrogen and oxygen atoms in total. The van der Waals surface area contributed by atoms with Crippen LogP contribution in [0, 0.1) is 0 Å². The average molecular weight is 364 g/mol. The summed E-state index contributed by atoms with van der Waals surface area (Å²) in [5.41, 5.74) is 1.45. The van der Waals surface area contributed by atoms with E-state index >= 15 is 0 Å². The van der Waals surface area contributed by atoms with Crippen LogP contribution in [0.3, 0.4) is 0 Å². The second-order valence-electron chi connectivity index (χ2n) is 6.80. The van der Waals surface area contributed by atoms with Crippen molar-refractivity contribution < 1.29 is 14.1 Å². The second kappa shape index (κ2) is 7.19. The van der Waals surface area contributed by atoms with Crippen LogP contribution in [0.4, 0.5) is 0 Å². The van der Waals surface area contributed by atoms with E-state index in [0.29, 0.717) is 30.4 Å². The van der Waals surface area contributed by atoms with Crippen LogP contribution in [0.25, 0.3) is 11.4 Å². The number of benzene rings is 1. The molecule has 0 unspecified atom stereocenters. The Balaban J connectivity index is 1.36. The van der Waals surface area contributed by atoms with E-state index in [9.17, 15) is 4.79 Å². The van der Waals surface area contributed by atoms with Crippen LogP contribution in [0.15, 0.2) is 53.3 Å². The van der Waals surface area contributed by atoms with Gasteiger partial charge in [0.15, 0.2) is 0 Å². The average Bonchev–Trinajstić information content (AvgIpc) is 3.11. The number of aromatic nitrogens is 3.